The summed E-state index contributed by atoms with van der Waals surface area (Å²) in [6.45, 7) is 5.32. The Morgan fingerprint density at radius 1 is 1.40 bits per heavy atom. The van der Waals surface area contributed by atoms with E-state index in [-0.39, 0.29) is 6.10 Å². The number of hydrogen-bond donors (Lipinski definition) is 1. The molecule has 3 rings (SSSR count). The van der Waals surface area contributed by atoms with Crippen LogP contribution in [0.15, 0.2) is 6.20 Å². The van der Waals surface area contributed by atoms with Crippen molar-refractivity contribution in [2.24, 2.45) is 5.92 Å². The maximum absolute atomic E-state index is 5.68. The van der Waals surface area contributed by atoms with Crippen LogP contribution < -0.4 is 5.32 Å². The summed E-state index contributed by atoms with van der Waals surface area (Å²) in [5, 5.41) is 3.53. The minimum Gasteiger partial charge on any atom is -0.370 e. The average Bonchev–Trinajstić information content (AvgIpc) is 3.01. The van der Waals surface area contributed by atoms with Crippen molar-refractivity contribution in [2.45, 2.75) is 51.6 Å². The summed E-state index contributed by atoms with van der Waals surface area (Å²) < 4.78 is 5.68. The molecule has 4 heteroatoms. The van der Waals surface area contributed by atoms with E-state index in [0.29, 0.717) is 0 Å². The second-order valence-electron chi connectivity index (χ2n) is 6.01. The van der Waals surface area contributed by atoms with Crippen molar-refractivity contribution in [3.8, 4) is 0 Å². The molecule has 1 aromatic rings. The topological polar surface area (TPSA) is 47.0 Å². The fourth-order valence-corrected chi connectivity index (χ4v) is 3.19. The first kappa shape index (κ1) is 14.0. The molecule has 2 unspecified atom stereocenters. The zero-order valence-corrected chi connectivity index (χ0v) is 12.4. The molecule has 1 aromatic heterocycles. The second kappa shape index (κ2) is 6.64. The van der Waals surface area contributed by atoms with Crippen LogP contribution in [-0.4, -0.2) is 29.7 Å². The molecule has 0 spiro atoms. The van der Waals surface area contributed by atoms with Crippen LogP contribution in [0.1, 0.15) is 55.8 Å². The molecule has 1 fully saturated rings. The standard InChI is InChI=1S/C16H25N3O/c1-2-7-17-10-12-5-6-14-13(9-12)11-18-16(19-14)15-4-3-8-20-15/h11-12,15,17H,2-10H2,1H3. The highest BCUT2D eigenvalue weighted by Gasteiger charge is 2.24. The molecule has 1 saturated heterocycles. The zero-order chi connectivity index (χ0) is 13.8. The maximum atomic E-state index is 5.68. The number of hydrogen-bond acceptors (Lipinski definition) is 4. The Kier molecular flexibility index (Phi) is 4.63. The molecule has 0 saturated carbocycles. The Labute approximate surface area is 121 Å². The van der Waals surface area contributed by atoms with Crippen LogP contribution in [0.2, 0.25) is 0 Å². The number of aromatic nitrogens is 2. The van der Waals surface area contributed by atoms with Crippen LogP contribution in [-0.2, 0) is 17.6 Å². The van der Waals surface area contributed by atoms with Crippen LogP contribution in [0.25, 0.3) is 0 Å². The lowest BCUT2D eigenvalue weighted by Gasteiger charge is -2.24. The van der Waals surface area contributed by atoms with Gasteiger partial charge in [0.1, 0.15) is 6.10 Å². The molecule has 2 atom stereocenters. The molecule has 0 bridgehead atoms. The van der Waals surface area contributed by atoms with Gasteiger partial charge in [-0.2, -0.15) is 0 Å². The van der Waals surface area contributed by atoms with Crippen LogP contribution in [0.4, 0.5) is 0 Å². The van der Waals surface area contributed by atoms with Crippen molar-refractivity contribution in [3.05, 3.63) is 23.3 Å². The Balaban J connectivity index is 1.63. The number of fused-ring (bicyclic) bond motifs is 1. The van der Waals surface area contributed by atoms with Gasteiger partial charge >= 0.3 is 0 Å². The average molecular weight is 275 g/mol. The normalized spacial score (nSPS) is 25.6. The highest BCUT2D eigenvalue weighted by molar-refractivity contribution is 5.22. The Hall–Kier alpha value is -1.00. The van der Waals surface area contributed by atoms with Gasteiger partial charge in [0.2, 0.25) is 0 Å². The summed E-state index contributed by atoms with van der Waals surface area (Å²) in [6, 6.07) is 0. The summed E-state index contributed by atoms with van der Waals surface area (Å²) in [5.41, 5.74) is 2.61. The van der Waals surface area contributed by atoms with Gasteiger partial charge in [-0.05, 0) is 63.1 Å². The third-order valence-corrected chi connectivity index (χ3v) is 4.35. The Bertz CT molecular complexity index is 443. The largest absolute Gasteiger partial charge is 0.370 e. The zero-order valence-electron chi connectivity index (χ0n) is 12.4. The molecule has 2 aliphatic rings. The summed E-state index contributed by atoms with van der Waals surface area (Å²) in [6.07, 6.45) is 9.06. The number of nitrogens with one attached hydrogen (secondary N) is 1. The monoisotopic (exact) mass is 275 g/mol. The minimum absolute atomic E-state index is 0.143. The van der Waals surface area contributed by atoms with E-state index in [0.717, 1.165) is 57.1 Å². The molecule has 1 aliphatic heterocycles. The van der Waals surface area contributed by atoms with Gasteiger partial charge < -0.3 is 10.1 Å². The summed E-state index contributed by atoms with van der Waals surface area (Å²) in [5.74, 6) is 1.65. The van der Waals surface area contributed by atoms with E-state index >= 15 is 0 Å². The molecule has 2 heterocycles. The van der Waals surface area contributed by atoms with Crippen LogP contribution in [0.3, 0.4) is 0 Å². The van der Waals surface area contributed by atoms with Crippen molar-refractivity contribution in [1.82, 2.24) is 15.3 Å². The van der Waals surface area contributed by atoms with Crippen LogP contribution in [0.5, 0.6) is 0 Å². The van der Waals surface area contributed by atoms with Gasteiger partial charge in [-0.1, -0.05) is 6.92 Å². The maximum Gasteiger partial charge on any atom is 0.157 e. The molecule has 0 aromatic carbocycles. The predicted molar refractivity (Wildman–Crippen MR) is 78.6 cm³/mol. The summed E-state index contributed by atoms with van der Waals surface area (Å²) >= 11 is 0. The molecule has 0 amide bonds. The van der Waals surface area contributed by atoms with Crippen molar-refractivity contribution >= 4 is 0 Å². The van der Waals surface area contributed by atoms with Crippen LogP contribution in [0, 0.1) is 5.92 Å². The first-order valence-corrected chi connectivity index (χ1v) is 8.04. The number of aryl methyl sites for hydroxylation is 1. The first-order chi connectivity index (χ1) is 9.86. The van der Waals surface area contributed by atoms with E-state index in [1.165, 1.54) is 24.1 Å². The van der Waals surface area contributed by atoms with Crippen molar-refractivity contribution in [2.75, 3.05) is 19.7 Å². The molecular formula is C16H25N3O. The molecule has 4 nitrogen and oxygen atoms in total. The molecule has 110 valence electrons. The molecule has 0 radical (unpaired) electrons. The van der Waals surface area contributed by atoms with E-state index in [2.05, 4.69) is 17.2 Å². The fourth-order valence-electron chi connectivity index (χ4n) is 3.19. The fraction of sp³-hybridized carbons (Fsp3) is 0.750. The van der Waals surface area contributed by atoms with Gasteiger partial charge in [0, 0.05) is 18.5 Å². The Morgan fingerprint density at radius 3 is 3.15 bits per heavy atom. The lowest BCUT2D eigenvalue weighted by Crippen LogP contribution is -2.28. The van der Waals surface area contributed by atoms with E-state index in [4.69, 9.17) is 9.72 Å². The summed E-state index contributed by atoms with van der Waals surface area (Å²) in [7, 11) is 0. The number of nitrogens with zero attached hydrogens (tertiary/aromatic N) is 2. The van der Waals surface area contributed by atoms with E-state index in [1.54, 1.807) is 0 Å². The Morgan fingerprint density at radius 2 is 2.35 bits per heavy atom. The highest BCUT2D eigenvalue weighted by atomic mass is 16.5. The van der Waals surface area contributed by atoms with E-state index < -0.39 is 0 Å². The lowest BCUT2D eigenvalue weighted by molar-refractivity contribution is 0.104. The van der Waals surface area contributed by atoms with Gasteiger partial charge in [-0.15, -0.1) is 0 Å². The third kappa shape index (κ3) is 3.18. The molecule has 1 aliphatic carbocycles. The predicted octanol–water partition coefficient (Wildman–Crippen LogP) is 2.43. The quantitative estimate of drug-likeness (QED) is 0.838. The van der Waals surface area contributed by atoms with Crippen LogP contribution >= 0.6 is 0 Å². The molecule has 1 N–H and O–H groups in total. The smallest absolute Gasteiger partial charge is 0.157 e. The van der Waals surface area contributed by atoms with E-state index in [1.807, 2.05) is 6.20 Å². The number of ether oxygens (including phenoxy) is 1. The second-order valence-corrected chi connectivity index (χ2v) is 6.01. The lowest BCUT2D eigenvalue weighted by atomic mass is 9.87. The minimum atomic E-state index is 0.143. The summed E-state index contributed by atoms with van der Waals surface area (Å²) in [4.78, 5) is 9.32. The van der Waals surface area contributed by atoms with Gasteiger partial charge in [0.05, 0.1) is 0 Å². The molecular weight excluding hydrogens is 250 g/mol. The van der Waals surface area contributed by atoms with Crippen molar-refractivity contribution in [1.29, 1.82) is 0 Å². The van der Waals surface area contributed by atoms with Crippen molar-refractivity contribution < 1.29 is 4.74 Å². The third-order valence-electron chi connectivity index (χ3n) is 4.35. The van der Waals surface area contributed by atoms with Gasteiger partial charge in [-0.3, -0.25) is 0 Å². The molecule has 20 heavy (non-hydrogen) atoms. The highest BCUT2D eigenvalue weighted by Crippen LogP contribution is 2.29. The van der Waals surface area contributed by atoms with Gasteiger partial charge in [0.25, 0.3) is 0 Å². The van der Waals surface area contributed by atoms with E-state index in [9.17, 15) is 0 Å². The van der Waals surface area contributed by atoms with Crippen molar-refractivity contribution in [3.63, 3.8) is 0 Å². The first-order valence-electron chi connectivity index (χ1n) is 8.04. The SMILES string of the molecule is CCCNCC1CCc2nc(C3CCCO3)ncc2C1. The number of rotatable bonds is 5. The van der Waals surface area contributed by atoms with Gasteiger partial charge in [-0.25, -0.2) is 9.97 Å². The van der Waals surface area contributed by atoms with Gasteiger partial charge in [0.15, 0.2) is 5.82 Å².